The van der Waals surface area contributed by atoms with Crippen molar-refractivity contribution in [1.82, 2.24) is 4.90 Å². The van der Waals surface area contributed by atoms with E-state index in [1.54, 1.807) is 74.8 Å². The summed E-state index contributed by atoms with van der Waals surface area (Å²) in [5, 5.41) is 11.1. The van der Waals surface area contributed by atoms with Crippen molar-refractivity contribution in [2.45, 2.75) is 5.60 Å². The van der Waals surface area contributed by atoms with Gasteiger partial charge in [0.2, 0.25) is 5.60 Å². The molecule has 2 aromatic rings. The van der Waals surface area contributed by atoms with Gasteiger partial charge >= 0.3 is 5.97 Å². The zero-order valence-electron chi connectivity index (χ0n) is 13.1. The molecule has 1 amide bonds. The number of likely N-dealkylation sites (N-methyl/N-ethyl adjacent to an activating group) is 1. The maximum Gasteiger partial charge on any atom is 0.348 e. The molecule has 0 heterocycles. The fraction of sp³-hybridized carbons (Fsp3) is 0.222. The summed E-state index contributed by atoms with van der Waals surface area (Å²) in [5.74, 6) is -1.24. The molecule has 2 rings (SSSR count). The molecule has 0 atom stereocenters. The lowest BCUT2D eigenvalue weighted by Gasteiger charge is -2.27. The van der Waals surface area contributed by atoms with Gasteiger partial charge in [-0.2, -0.15) is 0 Å². The van der Waals surface area contributed by atoms with Crippen molar-refractivity contribution in [3.8, 4) is 0 Å². The third kappa shape index (κ3) is 3.57. The third-order valence-corrected chi connectivity index (χ3v) is 3.50. The van der Waals surface area contributed by atoms with Crippen LogP contribution >= 0.6 is 0 Å². The van der Waals surface area contributed by atoms with Crippen LogP contribution in [-0.4, -0.2) is 42.6 Å². The Morgan fingerprint density at radius 3 is 1.78 bits per heavy atom. The maximum absolute atomic E-state index is 12.5. The Balaban J connectivity index is 2.35. The second-order valence-corrected chi connectivity index (χ2v) is 5.31. The average molecular weight is 313 g/mol. The minimum Gasteiger partial charge on any atom is -0.453 e. The predicted molar refractivity (Wildman–Crippen MR) is 85.5 cm³/mol. The smallest absolute Gasteiger partial charge is 0.348 e. The summed E-state index contributed by atoms with van der Waals surface area (Å²) in [5.41, 5.74) is -1.20. The van der Waals surface area contributed by atoms with Crippen molar-refractivity contribution in [2.75, 3.05) is 20.7 Å². The van der Waals surface area contributed by atoms with Crippen LogP contribution in [0.15, 0.2) is 60.7 Å². The summed E-state index contributed by atoms with van der Waals surface area (Å²) in [6, 6.07) is 17.0. The minimum atomic E-state index is -1.96. The van der Waals surface area contributed by atoms with Crippen LogP contribution in [0.25, 0.3) is 0 Å². The number of benzene rings is 2. The first-order valence-corrected chi connectivity index (χ1v) is 7.17. The Morgan fingerprint density at radius 2 is 1.39 bits per heavy atom. The van der Waals surface area contributed by atoms with Gasteiger partial charge in [-0.3, -0.25) is 4.79 Å². The first kappa shape index (κ1) is 16.7. The summed E-state index contributed by atoms with van der Waals surface area (Å²) < 4.78 is 5.06. The Bertz CT molecular complexity index is 628. The van der Waals surface area contributed by atoms with Crippen LogP contribution < -0.4 is 0 Å². The van der Waals surface area contributed by atoms with Crippen molar-refractivity contribution >= 4 is 11.9 Å². The largest absolute Gasteiger partial charge is 0.453 e. The number of carbonyl (C=O) groups excluding carboxylic acids is 2. The van der Waals surface area contributed by atoms with Crippen molar-refractivity contribution in [3.05, 3.63) is 71.8 Å². The molecular formula is C18H19NO4. The number of amides is 1. The molecule has 0 saturated heterocycles. The molecule has 1 N–H and O–H groups in total. The van der Waals surface area contributed by atoms with Crippen LogP contribution in [0.5, 0.6) is 0 Å². The molecule has 5 heteroatoms. The lowest BCUT2D eigenvalue weighted by Crippen LogP contribution is -2.40. The molecule has 0 aliphatic rings. The highest BCUT2D eigenvalue weighted by Gasteiger charge is 2.41. The molecule has 120 valence electrons. The van der Waals surface area contributed by atoms with Gasteiger partial charge in [-0.15, -0.1) is 0 Å². The number of hydrogen-bond acceptors (Lipinski definition) is 4. The third-order valence-electron chi connectivity index (χ3n) is 3.50. The van der Waals surface area contributed by atoms with Gasteiger partial charge in [0.05, 0.1) is 0 Å². The van der Waals surface area contributed by atoms with Crippen molar-refractivity contribution in [1.29, 1.82) is 0 Å². The van der Waals surface area contributed by atoms with Gasteiger partial charge in [-0.1, -0.05) is 60.7 Å². The predicted octanol–water partition coefficient (Wildman–Crippen LogP) is 1.55. The molecule has 5 nitrogen and oxygen atoms in total. The van der Waals surface area contributed by atoms with Gasteiger partial charge < -0.3 is 14.7 Å². The molecule has 0 aliphatic carbocycles. The van der Waals surface area contributed by atoms with E-state index in [9.17, 15) is 14.7 Å². The van der Waals surface area contributed by atoms with Crippen LogP contribution in [-0.2, 0) is 19.9 Å². The van der Waals surface area contributed by atoms with Crippen LogP contribution in [0.4, 0.5) is 0 Å². The normalized spacial score (nSPS) is 10.9. The fourth-order valence-corrected chi connectivity index (χ4v) is 2.12. The topological polar surface area (TPSA) is 66.8 Å². The number of esters is 1. The highest BCUT2D eigenvalue weighted by atomic mass is 16.6. The Labute approximate surface area is 135 Å². The lowest BCUT2D eigenvalue weighted by atomic mass is 9.86. The molecule has 0 aliphatic heterocycles. The van der Waals surface area contributed by atoms with E-state index in [1.807, 2.05) is 0 Å². The molecule has 23 heavy (non-hydrogen) atoms. The lowest BCUT2D eigenvalue weighted by molar-refractivity contribution is -0.166. The molecule has 0 unspecified atom stereocenters. The second kappa shape index (κ2) is 7.07. The van der Waals surface area contributed by atoms with Crippen LogP contribution in [0.1, 0.15) is 11.1 Å². The van der Waals surface area contributed by atoms with E-state index >= 15 is 0 Å². The van der Waals surface area contributed by atoms with Crippen molar-refractivity contribution in [2.24, 2.45) is 0 Å². The number of rotatable bonds is 5. The second-order valence-electron chi connectivity index (χ2n) is 5.31. The summed E-state index contributed by atoms with van der Waals surface area (Å²) in [6.07, 6.45) is 0. The molecular weight excluding hydrogens is 294 g/mol. The van der Waals surface area contributed by atoms with E-state index in [1.165, 1.54) is 4.90 Å². The molecule has 0 fully saturated rings. The monoisotopic (exact) mass is 313 g/mol. The molecule has 0 aromatic heterocycles. The van der Waals surface area contributed by atoms with E-state index in [2.05, 4.69) is 0 Å². The van der Waals surface area contributed by atoms with Gasteiger partial charge in [-0.25, -0.2) is 4.79 Å². The number of hydrogen-bond donors (Lipinski definition) is 1. The van der Waals surface area contributed by atoms with Crippen LogP contribution in [0.2, 0.25) is 0 Å². The van der Waals surface area contributed by atoms with Crippen molar-refractivity contribution < 1.29 is 19.4 Å². The van der Waals surface area contributed by atoms with E-state index in [0.717, 1.165) is 0 Å². The van der Waals surface area contributed by atoms with E-state index in [-0.39, 0.29) is 5.91 Å². The van der Waals surface area contributed by atoms with E-state index in [0.29, 0.717) is 11.1 Å². The van der Waals surface area contributed by atoms with Gasteiger partial charge in [0, 0.05) is 14.1 Å². The van der Waals surface area contributed by atoms with E-state index < -0.39 is 18.2 Å². The Morgan fingerprint density at radius 1 is 0.957 bits per heavy atom. The standard InChI is InChI=1S/C18H19NO4/c1-19(2)16(20)13-23-17(21)18(22,14-9-5-3-6-10-14)15-11-7-4-8-12-15/h3-12,22H,13H2,1-2H3. The van der Waals surface area contributed by atoms with Crippen LogP contribution in [0, 0.1) is 0 Å². The molecule has 2 aromatic carbocycles. The SMILES string of the molecule is CN(C)C(=O)COC(=O)C(O)(c1ccccc1)c1ccccc1. The zero-order chi connectivity index (χ0) is 16.9. The zero-order valence-corrected chi connectivity index (χ0v) is 13.1. The minimum absolute atomic E-state index is 0.359. The summed E-state index contributed by atoms with van der Waals surface area (Å²) in [6.45, 7) is -0.423. The van der Waals surface area contributed by atoms with Gasteiger partial charge in [0.15, 0.2) is 6.61 Å². The quantitative estimate of drug-likeness (QED) is 0.851. The van der Waals surface area contributed by atoms with Gasteiger partial charge in [0.25, 0.3) is 5.91 Å². The molecule has 0 bridgehead atoms. The first-order valence-electron chi connectivity index (χ1n) is 7.17. The van der Waals surface area contributed by atoms with Crippen molar-refractivity contribution in [3.63, 3.8) is 0 Å². The maximum atomic E-state index is 12.5. The number of carbonyl (C=O) groups is 2. The summed E-state index contributed by atoms with van der Waals surface area (Å²) in [4.78, 5) is 25.5. The molecule has 0 spiro atoms. The average Bonchev–Trinajstić information content (AvgIpc) is 2.60. The highest BCUT2D eigenvalue weighted by Crippen LogP contribution is 2.30. The Kier molecular flexibility index (Phi) is 5.13. The molecule has 0 saturated carbocycles. The first-order chi connectivity index (χ1) is 11.0. The summed E-state index contributed by atoms with van der Waals surface area (Å²) in [7, 11) is 3.13. The number of aliphatic hydroxyl groups is 1. The highest BCUT2D eigenvalue weighted by molar-refractivity contribution is 5.87. The van der Waals surface area contributed by atoms with Gasteiger partial charge in [-0.05, 0) is 11.1 Å². The summed E-state index contributed by atoms with van der Waals surface area (Å²) >= 11 is 0. The van der Waals surface area contributed by atoms with E-state index in [4.69, 9.17) is 4.74 Å². The molecule has 0 radical (unpaired) electrons. The Hall–Kier alpha value is -2.66. The number of nitrogens with zero attached hydrogens (tertiary/aromatic N) is 1. The fourth-order valence-electron chi connectivity index (χ4n) is 2.12. The van der Waals surface area contributed by atoms with Crippen LogP contribution in [0.3, 0.4) is 0 Å². The number of ether oxygens (including phenoxy) is 1. The van der Waals surface area contributed by atoms with Gasteiger partial charge in [0.1, 0.15) is 0 Å².